The highest BCUT2D eigenvalue weighted by Crippen LogP contribution is 2.35. The molecular weight excluding hydrogens is 718 g/mol. The van der Waals surface area contributed by atoms with Crippen LogP contribution in [0.25, 0.3) is 0 Å². The summed E-state index contributed by atoms with van der Waals surface area (Å²) in [5, 5.41) is 15.1. The number of hydrogen-bond acceptors (Lipinski definition) is 9. The SMILES string of the molecule is CN(c1ccc(C#N)c(Cl)c1)[C@H]1CC[C@H](NC(=O)c2ccc(N3CCC(CN4Cc5cc6c(cc5C4)C(=O)N([C@H]4CCC(=O)NC4=O)C6=O)CC3)cc2)CC1. The van der Waals surface area contributed by atoms with Gasteiger partial charge in [-0.3, -0.25) is 39.1 Å². The van der Waals surface area contributed by atoms with Gasteiger partial charge in [0.15, 0.2) is 0 Å². The molecule has 4 heterocycles. The second-order valence-electron chi connectivity index (χ2n) is 15.6. The second-order valence-corrected chi connectivity index (χ2v) is 16.0. The van der Waals surface area contributed by atoms with Crippen molar-refractivity contribution in [2.75, 3.05) is 36.5 Å². The average molecular weight is 762 g/mol. The third-order valence-electron chi connectivity index (χ3n) is 12.2. The molecule has 0 radical (unpaired) electrons. The lowest BCUT2D eigenvalue weighted by Gasteiger charge is -2.36. The lowest BCUT2D eigenvalue weighted by atomic mass is 9.90. The monoisotopic (exact) mass is 761 g/mol. The van der Waals surface area contributed by atoms with Crippen LogP contribution in [0.1, 0.15) is 99.1 Å². The number of carbonyl (C=O) groups excluding carboxylic acids is 5. The second kappa shape index (κ2) is 15.1. The van der Waals surface area contributed by atoms with Crippen LogP contribution < -0.4 is 20.4 Å². The van der Waals surface area contributed by atoms with Crippen molar-refractivity contribution in [2.24, 2.45) is 5.92 Å². The fraction of sp³-hybridized carbons (Fsp3) is 0.429. The van der Waals surface area contributed by atoms with Gasteiger partial charge in [0.2, 0.25) is 11.8 Å². The molecule has 3 aromatic rings. The summed E-state index contributed by atoms with van der Waals surface area (Å²) >= 11 is 6.27. The van der Waals surface area contributed by atoms with E-state index in [1.807, 2.05) is 48.5 Å². The van der Waals surface area contributed by atoms with Crippen molar-refractivity contribution >= 4 is 52.5 Å². The Morgan fingerprint density at radius 2 is 1.55 bits per heavy atom. The zero-order valence-electron chi connectivity index (χ0n) is 30.9. The molecule has 0 spiro atoms. The minimum absolute atomic E-state index is 0.0434. The van der Waals surface area contributed by atoms with Gasteiger partial charge >= 0.3 is 0 Å². The van der Waals surface area contributed by atoms with Crippen LogP contribution in [0.2, 0.25) is 5.02 Å². The Kier molecular flexibility index (Phi) is 10.1. The maximum atomic E-state index is 13.3. The molecule has 0 unspecified atom stereocenters. The van der Waals surface area contributed by atoms with Gasteiger partial charge in [0.05, 0.1) is 21.7 Å². The summed E-state index contributed by atoms with van der Waals surface area (Å²) in [5.74, 6) is -1.44. The van der Waals surface area contributed by atoms with E-state index >= 15 is 0 Å². The standard InChI is InChI=1S/C42H44ClN7O5/c1-47(33-9-4-27(21-44)36(43)20-33)31-10-5-30(6-11-31)45-39(52)26-2-7-32(8-3-26)49-16-14-25(15-17-49)22-48-23-28-18-34-35(19-29(28)24-48)42(55)50(41(34)54)37-12-13-38(51)46-40(37)53/h2-4,7-9,18-20,25,30-31,37H,5-6,10-17,22-24H2,1H3,(H,45,52)(H,46,51,53)/t30-,31-,37-/m0/s1. The molecule has 13 heteroatoms. The number of nitriles is 1. The first-order chi connectivity index (χ1) is 26.6. The number of carbonyl (C=O) groups is 5. The number of imide groups is 2. The molecule has 5 amide bonds. The van der Waals surface area contributed by atoms with Gasteiger partial charge in [0.1, 0.15) is 12.1 Å². The Bertz CT molecular complexity index is 2050. The van der Waals surface area contributed by atoms with Crippen LogP contribution in [0.3, 0.4) is 0 Å². The summed E-state index contributed by atoms with van der Waals surface area (Å²) in [6.07, 6.45) is 6.03. The number of piperidine rings is 2. The molecule has 1 atom stereocenters. The molecule has 2 saturated heterocycles. The maximum Gasteiger partial charge on any atom is 0.262 e. The highest BCUT2D eigenvalue weighted by molar-refractivity contribution is 6.32. The number of nitrogens with zero attached hydrogens (tertiary/aromatic N) is 5. The molecule has 2 N–H and O–H groups in total. The Labute approximate surface area is 325 Å². The number of nitrogens with one attached hydrogen (secondary N) is 2. The quantitative estimate of drug-likeness (QED) is 0.302. The molecule has 1 saturated carbocycles. The van der Waals surface area contributed by atoms with Gasteiger partial charge in [0, 0.05) is 75.2 Å². The van der Waals surface area contributed by atoms with Crippen LogP contribution in [0.4, 0.5) is 11.4 Å². The number of benzene rings is 3. The third-order valence-corrected chi connectivity index (χ3v) is 12.5. The summed E-state index contributed by atoms with van der Waals surface area (Å²) in [7, 11) is 2.06. The molecule has 0 aromatic heterocycles. The highest BCUT2D eigenvalue weighted by atomic mass is 35.5. The first-order valence-corrected chi connectivity index (χ1v) is 19.6. The lowest BCUT2D eigenvalue weighted by Crippen LogP contribution is -2.54. The minimum Gasteiger partial charge on any atom is -0.372 e. The molecule has 284 valence electrons. The molecule has 55 heavy (non-hydrogen) atoms. The fourth-order valence-corrected chi connectivity index (χ4v) is 9.25. The van der Waals surface area contributed by atoms with Crippen LogP contribution in [-0.2, 0) is 22.7 Å². The van der Waals surface area contributed by atoms with E-state index in [9.17, 15) is 29.2 Å². The predicted molar refractivity (Wildman–Crippen MR) is 207 cm³/mol. The van der Waals surface area contributed by atoms with E-state index in [2.05, 4.69) is 38.5 Å². The van der Waals surface area contributed by atoms with Crippen LogP contribution in [0.5, 0.6) is 0 Å². The van der Waals surface area contributed by atoms with E-state index in [4.69, 9.17) is 11.6 Å². The summed E-state index contributed by atoms with van der Waals surface area (Å²) in [4.78, 5) is 71.8. The average Bonchev–Trinajstić information content (AvgIpc) is 3.69. The van der Waals surface area contributed by atoms with E-state index in [-0.39, 0.29) is 30.7 Å². The van der Waals surface area contributed by atoms with E-state index in [0.29, 0.717) is 52.3 Å². The normalized spacial score (nSPS) is 23.0. The predicted octanol–water partition coefficient (Wildman–Crippen LogP) is 5.02. The van der Waals surface area contributed by atoms with Crippen LogP contribution >= 0.6 is 11.6 Å². The largest absolute Gasteiger partial charge is 0.372 e. The molecule has 1 aliphatic carbocycles. The summed E-state index contributed by atoms with van der Waals surface area (Å²) in [6, 6.07) is 18.7. The summed E-state index contributed by atoms with van der Waals surface area (Å²) < 4.78 is 0. The molecular formula is C42H44ClN7O5. The molecule has 3 fully saturated rings. The first kappa shape index (κ1) is 36.7. The summed E-state index contributed by atoms with van der Waals surface area (Å²) in [5.41, 5.74) is 6.00. The Balaban J connectivity index is 0.784. The number of halogens is 1. The topological polar surface area (TPSA) is 146 Å². The molecule has 12 nitrogen and oxygen atoms in total. The molecule has 8 rings (SSSR count). The van der Waals surface area contributed by atoms with Crippen molar-refractivity contribution in [1.29, 1.82) is 5.26 Å². The molecule has 4 aliphatic heterocycles. The number of rotatable bonds is 8. The molecule has 5 aliphatic rings. The van der Waals surface area contributed by atoms with E-state index < -0.39 is 23.8 Å². The minimum atomic E-state index is -0.960. The number of amides is 5. The van der Waals surface area contributed by atoms with Crippen molar-refractivity contribution in [3.05, 3.63) is 93.0 Å². The van der Waals surface area contributed by atoms with Gasteiger partial charge in [-0.1, -0.05) is 11.6 Å². The first-order valence-electron chi connectivity index (χ1n) is 19.2. The Morgan fingerprint density at radius 3 is 2.15 bits per heavy atom. The number of hydrogen-bond donors (Lipinski definition) is 2. The van der Waals surface area contributed by atoms with Crippen LogP contribution in [0.15, 0.2) is 54.6 Å². The van der Waals surface area contributed by atoms with Gasteiger partial charge in [0.25, 0.3) is 17.7 Å². The van der Waals surface area contributed by atoms with Crippen molar-refractivity contribution in [2.45, 2.75) is 82.6 Å². The van der Waals surface area contributed by atoms with Crippen molar-refractivity contribution < 1.29 is 24.0 Å². The van der Waals surface area contributed by atoms with Crippen molar-refractivity contribution in [3.8, 4) is 6.07 Å². The zero-order chi connectivity index (χ0) is 38.4. The van der Waals surface area contributed by atoms with Gasteiger partial charge in [-0.15, -0.1) is 0 Å². The number of fused-ring (bicyclic) bond motifs is 2. The van der Waals surface area contributed by atoms with Gasteiger partial charge in [-0.05, 0) is 117 Å². The maximum absolute atomic E-state index is 13.3. The highest BCUT2D eigenvalue weighted by Gasteiger charge is 2.45. The van der Waals surface area contributed by atoms with Gasteiger partial charge in [-0.25, -0.2) is 0 Å². The summed E-state index contributed by atoms with van der Waals surface area (Å²) in [6.45, 7) is 4.20. The van der Waals surface area contributed by atoms with E-state index in [1.165, 1.54) is 0 Å². The van der Waals surface area contributed by atoms with E-state index in [1.54, 1.807) is 6.07 Å². The molecule has 0 bridgehead atoms. The smallest absolute Gasteiger partial charge is 0.262 e. The fourth-order valence-electron chi connectivity index (χ4n) is 9.03. The zero-order valence-corrected chi connectivity index (χ0v) is 31.6. The van der Waals surface area contributed by atoms with Gasteiger partial charge < -0.3 is 15.1 Å². The Morgan fingerprint density at radius 1 is 0.891 bits per heavy atom. The third kappa shape index (κ3) is 7.31. The van der Waals surface area contributed by atoms with Crippen molar-refractivity contribution in [3.63, 3.8) is 0 Å². The molecule has 3 aromatic carbocycles. The van der Waals surface area contributed by atoms with Crippen LogP contribution in [0, 0.1) is 17.2 Å². The number of anilines is 2. The lowest BCUT2D eigenvalue weighted by molar-refractivity contribution is -0.136. The van der Waals surface area contributed by atoms with Gasteiger partial charge in [-0.2, -0.15) is 5.26 Å². The Hall–Kier alpha value is -5.25. The van der Waals surface area contributed by atoms with Crippen LogP contribution in [-0.4, -0.2) is 84.1 Å². The van der Waals surface area contributed by atoms with E-state index in [0.717, 1.165) is 85.6 Å². The van der Waals surface area contributed by atoms with Crippen molar-refractivity contribution in [1.82, 2.24) is 20.4 Å².